The average Bonchev–Trinajstić information content (AvgIpc) is 2.66. The Kier molecular flexibility index (Phi) is 3.51. The van der Waals surface area contributed by atoms with Gasteiger partial charge in [0.05, 0.1) is 13.2 Å². The number of hydrogen-bond donors (Lipinski definition) is 1. The predicted octanol–water partition coefficient (Wildman–Crippen LogP) is 1.62. The van der Waals surface area contributed by atoms with Gasteiger partial charge in [0.1, 0.15) is 0 Å². The highest BCUT2D eigenvalue weighted by Gasteiger charge is 2.19. The lowest BCUT2D eigenvalue weighted by Gasteiger charge is -2.23. The van der Waals surface area contributed by atoms with Crippen molar-refractivity contribution in [1.82, 2.24) is 5.32 Å². The molecule has 0 aliphatic carbocycles. The third-order valence-corrected chi connectivity index (χ3v) is 3.44. The summed E-state index contributed by atoms with van der Waals surface area (Å²) in [6.45, 7) is 4.24. The maximum atomic E-state index is 11.9. The molecule has 1 fully saturated rings. The highest BCUT2D eigenvalue weighted by Crippen LogP contribution is 2.17. The van der Waals surface area contributed by atoms with Gasteiger partial charge in [0.2, 0.25) is 0 Å². The maximum absolute atomic E-state index is 11.9. The first-order valence-corrected chi connectivity index (χ1v) is 6.04. The molecule has 0 saturated carbocycles. The van der Waals surface area contributed by atoms with Gasteiger partial charge in [0.25, 0.3) is 0 Å². The molecule has 0 bridgehead atoms. The first-order valence-electron chi connectivity index (χ1n) is 5.16. The molecule has 1 aliphatic rings. The molecule has 3 nitrogen and oxygen atoms in total. The van der Waals surface area contributed by atoms with Crippen LogP contribution < -0.4 is 5.32 Å². The first-order chi connectivity index (χ1) is 7.27. The lowest BCUT2D eigenvalue weighted by molar-refractivity contribution is 0.0676. The smallest absolute Gasteiger partial charge is 0.165 e. The van der Waals surface area contributed by atoms with E-state index in [1.165, 1.54) is 0 Å². The van der Waals surface area contributed by atoms with E-state index in [2.05, 4.69) is 5.32 Å². The zero-order valence-electron chi connectivity index (χ0n) is 8.79. The van der Waals surface area contributed by atoms with Gasteiger partial charge in [-0.1, -0.05) is 0 Å². The lowest BCUT2D eigenvalue weighted by Crippen LogP contribution is -2.42. The number of carbonyl (C=O) groups is 1. The van der Waals surface area contributed by atoms with Crippen molar-refractivity contribution in [3.63, 3.8) is 0 Å². The van der Waals surface area contributed by atoms with Gasteiger partial charge in [-0.25, -0.2) is 0 Å². The summed E-state index contributed by atoms with van der Waals surface area (Å²) in [6.07, 6.45) is 0.539. The fourth-order valence-electron chi connectivity index (χ4n) is 1.76. The van der Waals surface area contributed by atoms with Gasteiger partial charge in [-0.3, -0.25) is 4.79 Å². The third kappa shape index (κ3) is 2.65. The van der Waals surface area contributed by atoms with Crippen molar-refractivity contribution in [2.75, 3.05) is 19.8 Å². The van der Waals surface area contributed by atoms with Crippen molar-refractivity contribution < 1.29 is 9.53 Å². The molecule has 2 heterocycles. The largest absolute Gasteiger partial charge is 0.378 e. The molecule has 82 valence electrons. The van der Waals surface area contributed by atoms with Gasteiger partial charge in [0.15, 0.2) is 5.78 Å². The van der Waals surface area contributed by atoms with Gasteiger partial charge in [0, 0.05) is 29.4 Å². The SMILES string of the molecule is Cc1sccc1C(=O)CC1COCCN1. The summed E-state index contributed by atoms with van der Waals surface area (Å²) in [6, 6.07) is 2.09. The van der Waals surface area contributed by atoms with E-state index in [-0.39, 0.29) is 11.8 Å². The summed E-state index contributed by atoms with van der Waals surface area (Å²) in [5.41, 5.74) is 0.868. The van der Waals surface area contributed by atoms with Gasteiger partial charge in [-0.15, -0.1) is 11.3 Å². The molecule has 1 aromatic rings. The van der Waals surface area contributed by atoms with Crippen LogP contribution in [0.2, 0.25) is 0 Å². The highest BCUT2D eigenvalue weighted by atomic mass is 32.1. The minimum absolute atomic E-state index is 0.186. The molecule has 1 atom stereocenters. The van der Waals surface area contributed by atoms with E-state index in [0.29, 0.717) is 13.0 Å². The zero-order chi connectivity index (χ0) is 10.7. The van der Waals surface area contributed by atoms with Crippen LogP contribution in [0.1, 0.15) is 21.7 Å². The van der Waals surface area contributed by atoms with E-state index >= 15 is 0 Å². The summed E-state index contributed by atoms with van der Waals surface area (Å²) in [7, 11) is 0. The second kappa shape index (κ2) is 4.88. The molecular formula is C11H15NO2S. The minimum Gasteiger partial charge on any atom is -0.378 e. The summed E-state index contributed by atoms with van der Waals surface area (Å²) in [5.74, 6) is 0.219. The van der Waals surface area contributed by atoms with Crippen LogP contribution in [0.15, 0.2) is 11.4 Å². The van der Waals surface area contributed by atoms with Crippen molar-refractivity contribution in [1.29, 1.82) is 0 Å². The topological polar surface area (TPSA) is 38.3 Å². The van der Waals surface area contributed by atoms with Gasteiger partial charge in [-0.2, -0.15) is 0 Å². The van der Waals surface area contributed by atoms with Crippen molar-refractivity contribution in [3.8, 4) is 0 Å². The van der Waals surface area contributed by atoms with E-state index in [4.69, 9.17) is 4.74 Å². The molecule has 2 rings (SSSR count). The molecular weight excluding hydrogens is 210 g/mol. The van der Waals surface area contributed by atoms with E-state index in [0.717, 1.165) is 23.6 Å². The van der Waals surface area contributed by atoms with Crippen LogP contribution in [0.25, 0.3) is 0 Å². The van der Waals surface area contributed by atoms with Crippen LogP contribution in [0, 0.1) is 6.92 Å². The van der Waals surface area contributed by atoms with Gasteiger partial charge >= 0.3 is 0 Å². The van der Waals surface area contributed by atoms with Crippen LogP contribution in [0.4, 0.5) is 0 Å². The Morgan fingerprint density at radius 1 is 1.73 bits per heavy atom. The third-order valence-electron chi connectivity index (χ3n) is 2.59. The Morgan fingerprint density at radius 3 is 3.20 bits per heavy atom. The lowest BCUT2D eigenvalue weighted by atomic mass is 10.0. The van der Waals surface area contributed by atoms with Crippen molar-refractivity contribution in [2.24, 2.45) is 0 Å². The zero-order valence-corrected chi connectivity index (χ0v) is 9.60. The first kappa shape index (κ1) is 10.8. The molecule has 0 spiro atoms. The Balaban J connectivity index is 1.94. The van der Waals surface area contributed by atoms with E-state index in [9.17, 15) is 4.79 Å². The molecule has 1 unspecified atom stereocenters. The number of Topliss-reactive ketones (excluding diaryl/α,β-unsaturated/α-hetero) is 1. The number of nitrogens with one attached hydrogen (secondary N) is 1. The average molecular weight is 225 g/mol. The van der Waals surface area contributed by atoms with E-state index in [1.807, 2.05) is 18.4 Å². The van der Waals surface area contributed by atoms with Gasteiger partial charge < -0.3 is 10.1 Å². The Hall–Kier alpha value is -0.710. The van der Waals surface area contributed by atoms with Crippen LogP contribution in [-0.4, -0.2) is 31.6 Å². The molecule has 0 amide bonds. The fourth-order valence-corrected chi connectivity index (χ4v) is 2.48. The molecule has 1 saturated heterocycles. The molecule has 0 aromatic carbocycles. The van der Waals surface area contributed by atoms with Crippen LogP contribution in [-0.2, 0) is 4.74 Å². The normalized spacial score (nSPS) is 21.5. The number of rotatable bonds is 3. The minimum atomic E-state index is 0.186. The summed E-state index contributed by atoms with van der Waals surface area (Å²) in [4.78, 5) is 13.0. The quantitative estimate of drug-likeness (QED) is 0.794. The van der Waals surface area contributed by atoms with Crippen LogP contribution in [0.3, 0.4) is 0 Å². The summed E-state index contributed by atoms with van der Waals surface area (Å²) in [5, 5.41) is 5.25. The van der Waals surface area contributed by atoms with E-state index in [1.54, 1.807) is 11.3 Å². The van der Waals surface area contributed by atoms with Crippen molar-refractivity contribution in [2.45, 2.75) is 19.4 Å². The molecule has 0 radical (unpaired) electrons. The van der Waals surface area contributed by atoms with Crippen LogP contribution >= 0.6 is 11.3 Å². The van der Waals surface area contributed by atoms with E-state index < -0.39 is 0 Å². The van der Waals surface area contributed by atoms with Crippen molar-refractivity contribution in [3.05, 3.63) is 21.9 Å². The number of morpholine rings is 1. The molecule has 1 aromatic heterocycles. The number of ether oxygens (including phenoxy) is 1. The molecule has 1 aliphatic heterocycles. The highest BCUT2D eigenvalue weighted by molar-refractivity contribution is 7.10. The monoisotopic (exact) mass is 225 g/mol. The van der Waals surface area contributed by atoms with Gasteiger partial charge in [-0.05, 0) is 18.4 Å². The Morgan fingerprint density at radius 2 is 2.60 bits per heavy atom. The predicted molar refractivity (Wildman–Crippen MR) is 60.6 cm³/mol. The summed E-state index contributed by atoms with van der Waals surface area (Å²) < 4.78 is 5.32. The number of carbonyl (C=O) groups excluding carboxylic acids is 1. The number of thiophene rings is 1. The molecule has 15 heavy (non-hydrogen) atoms. The molecule has 1 N–H and O–H groups in total. The Labute approximate surface area is 93.4 Å². The second-order valence-corrected chi connectivity index (χ2v) is 4.86. The molecule has 4 heteroatoms. The number of hydrogen-bond acceptors (Lipinski definition) is 4. The second-order valence-electron chi connectivity index (χ2n) is 3.74. The number of aryl methyl sites for hydroxylation is 1. The summed E-state index contributed by atoms with van der Waals surface area (Å²) >= 11 is 1.62. The maximum Gasteiger partial charge on any atom is 0.165 e. The standard InChI is InChI=1S/C11H15NO2S/c1-8-10(2-5-15-8)11(13)6-9-7-14-4-3-12-9/h2,5,9,12H,3-4,6-7H2,1H3. The van der Waals surface area contributed by atoms with Crippen LogP contribution in [0.5, 0.6) is 0 Å². The Bertz CT molecular complexity index is 342. The number of ketones is 1. The van der Waals surface area contributed by atoms with Crippen molar-refractivity contribution >= 4 is 17.1 Å². The fraction of sp³-hybridized carbons (Fsp3) is 0.545.